The maximum Gasteiger partial charge on any atom is 0.290 e. The summed E-state index contributed by atoms with van der Waals surface area (Å²) < 4.78 is 5.35. The van der Waals surface area contributed by atoms with Crippen LogP contribution in [0.25, 0.3) is 11.1 Å². The third-order valence-electron chi connectivity index (χ3n) is 6.37. The standard InChI is InChI=1S/C30H35N5O4.CH2O2/c1-34(2)15-14-31-30(38)26-13-10-24(20-27(26)33-28(36)21-35-16-18-39-19-17-35)29(37)32-25-11-8-23(9-12-25)22-6-4-3-5-7-22;2-1-3/h3-13,20H,14-19,21H2,1-2H3,(H,31,38)(H,32,37)(H,33,36);1H,(H,2,3). The molecule has 11 heteroatoms. The van der Waals surface area contributed by atoms with Gasteiger partial charge < -0.3 is 30.7 Å². The molecule has 222 valence electrons. The molecule has 0 atom stereocenters. The molecule has 1 heterocycles. The van der Waals surface area contributed by atoms with Crippen molar-refractivity contribution in [3.05, 3.63) is 83.9 Å². The average Bonchev–Trinajstić information content (AvgIpc) is 2.98. The zero-order valence-corrected chi connectivity index (χ0v) is 23.8. The molecule has 0 unspecified atom stereocenters. The van der Waals surface area contributed by atoms with Crippen molar-refractivity contribution in [2.45, 2.75) is 0 Å². The predicted molar refractivity (Wildman–Crippen MR) is 162 cm³/mol. The molecule has 42 heavy (non-hydrogen) atoms. The fraction of sp³-hybridized carbons (Fsp3) is 0.290. The van der Waals surface area contributed by atoms with Crippen molar-refractivity contribution in [2.75, 3.05) is 70.7 Å². The van der Waals surface area contributed by atoms with Gasteiger partial charge in [0, 0.05) is 37.4 Å². The van der Waals surface area contributed by atoms with Crippen LogP contribution in [-0.2, 0) is 14.3 Å². The van der Waals surface area contributed by atoms with Gasteiger partial charge in [-0.1, -0.05) is 42.5 Å². The minimum absolute atomic E-state index is 0.176. The van der Waals surface area contributed by atoms with Gasteiger partial charge in [-0.15, -0.1) is 0 Å². The van der Waals surface area contributed by atoms with E-state index in [-0.39, 0.29) is 30.7 Å². The van der Waals surface area contributed by atoms with E-state index in [1.165, 1.54) is 0 Å². The summed E-state index contributed by atoms with van der Waals surface area (Å²) in [7, 11) is 3.85. The molecule has 4 N–H and O–H groups in total. The van der Waals surface area contributed by atoms with Gasteiger partial charge >= 0.3 is 0 Å². The highest BCUT2D eigenvalue weighted by atomic mass is 16.5. The topological polar surface area (TPSA) is 140 Å². The van der Waals surface area contributed by atoms with E-state index in [2.05, 4.69) is 16.0 Å². The number of likely N-dealkylation sites (N-methyl/N-ethyl adjacent to an activating group) is 1. The lowest BCUT2D eigenvalue weighted by Crippen LogP contribution is -2.41. The number of nitrogens with one attached hydrogen (secondary N) is 3. The van der Waals surface area contributed by atoms with Crippen LogP contribution < -0.4 is 16.0 Å². The number of carbonyl (C=O) groups excluding carboxylic acids is 3. The van der Waals surface area contributed by atoms with E-state index in [0.29, 0.717) is 61.9 Å². The summed E-state index contributed by atoms with van der Waals surface area (Å²) in [4.78, 5) is 51.2. The van der Waals surface area contributed by atoms with E-state index < -0.39 is 0 Å². The lowest BCUT2D eigenvalue weighted by molar-refractivity contribution is -0.123. The van der Waals surface area contributed by atoms with Crippen molar-refractivity contribution < 1.29 is 29.0 Å². The van der Waals surface area contributed by atoms with Crippen LogP contribution in [-0.4, -0.2) is 99.1 Å². The van der Waals surface area contributed by atoms with E-state index in [1.54, 1.807) is 18.2 Å². The first-order chi connectivity index (χ1) is 20.3. The molecule has 3 aromatic carbocycles. The van der Waals surface area contributed by atoms with Gasteiger partial charge in [-0.3, -0.25) is 24.1 Å². The van der Waals surface area contributed by atoms with Crippen LogP contribution in [0.15, 0.2) is 72.8 Å². The molecular weight excluding hydrogens is 538 g/mol. The summed E-state index contributed by atoms with van der Waals surface area (Å²) in [5, 5.41) is 15.5. The molecule has 4 rings (SSSR count). The van der Waals surface area contributed by atoms with Crippen molar-refractivity contribution in [3.63, 3.8) is 0 Å². The Balaban J connectivity index is 0.00000155. The maximum absolute atomic E-state index is 13.1. The first-order valence-corrected chi connectivity index (χ1v) is 13.5. The highest BCUT2D eigenvalue weighted by molar-refractivity contribution is 6.09. The number of hydrogen-bond donors (Lipinski definition) is 4. The molecule has 3 aromatic rings. The Kier molecular flexibility index (Phi) is 12.6. The second-order valence-electron chi connectivity index (χ2n) is 9.76. The van der Waals surface area contributed by atoms with Gasteiger partial charge in [0.1, 0.15) is 0 Å². The van der Waals surface area contributed by atoms with E-state index in [4.69, 9.17) is 14.6 Å². The van der Waals surface area contributed by atoms with Crippen LogP contribution in [0.1, 0.15) is 20.7 Å². The number of nitrogens with zero attached hydrogens (tertiary/aromatic N) is 2. The van der Waals surface area contributed by atoms with E-state index in [9.17, 15) is 14.4 Å². The predicted octanol–water partition coefficient (Wildman–Crippen LogP) is 2.87. The Labute approximate surface area is 245 Å². The number of hydrogen-bond acceptors (Lipinski definition) is 7. The normalized spacial score (nSPS) is 12.9. The number of ether oxygens (including phenoxy) is 1. The SMILES string of the molecule is CN(C)CCNC(=O)c1ccc(C(=O)Nc2ccc(-c3ccccc3)cc2)cc1NC(=O)CN1CCOCC1.O=CO. The quantitative estimate of drug-likeness (QED) is 0.271. The van der Waals surface area contributed by atoms with Gasteiger partial charge in [0.25, 0.3) is 18.3 Å². The smallest absolute Gasteiger partial charge is 0.290 e. The summed E-state index contributed by atoms with van der Waals surface area (Å²) >= 11 is 0. The second kappa shape index (κ2) is 16.6. The number of benzene rings is 3. The fourth-order valence-corrected chi connectivity index (χ4v) is 4.21. The lowest BCUT2D eigenvalue weighted by Gasteiger charge is -2.26. The largest absolute Gasteiger partial charge is 0.483 e. The average molecular weight is 576 g/mol. The van der Waals surface area contributed by atoms with Crippen LogP contribution in [0.2, 0.25) is 0 Å². The zero-order valence-electron chi connectivity index (χ0n) is 23.8. The molecule has 3 amide bonds. The summed E-state index contributed by atoms with van der Waals surface area (Å²) in [6.07, 6.45) is 0. The molecule has 11 nitrogen and oxygen atoms in total. The van der Waals surface area contributed by atoms with Crippen LogP contribution in [0.5, 0.6) is 0 Å². The number of carbonyl (C=O) groups is 4. The van der Waals surface area contributed by atoms with Crippen molar-refractivity contribution in [1.82, 2.24) is 15.1 Å². The molecule has 0 radical (unpaired) electrons. The molecule has 1 aliphatic rings. The molecule has 0 aliphatic carbocycles. The molecule has 1 fully saturated rings. The maximum atomic E-state index is 13.1. The lowest BCUT2D eigenvalue weighted by atomic mass is 10.1. The minimum atomic E-state index is -0.342. The summed E-state index contributed by atoms with van der Waals surface area (Å²) in [5.74, 6) is -0.916. The van der Waals surface area contributed by atoms with Gasteiger partial charge in [-0.05, 0) is 55.6 Å². The highest BCUT2D eigenvalue weighted by Gasteiger charge is 2.19. The Morgan fingerprint density at radius 1 is 0.905 bits per heavy atom. The first kappa shape index (κ1) is 31.9. The van der Waals surface area contributed by atoms with Crippen LogP contribution >= 0.6 is 0 Å². The Bertz CT molecular complexity index is 1330. The van der Waals surface area contributed by atoms with Crippen LogP contribution in [0.4, 0.5) is 11.4 Å². The molecule has 0 saturated carbocycles. The molecule has 1 aliphatic heterocycles. The van der Waals surface area contributed by atoms with Crippen molar-refractivity contribution in [2.24, 2.45) is 0 Å². The highest BCUT2D eigenvalue weighted by Crippen LogP contribution is 2.23. The molecule has 0 spiro atoms. The van der Waals surface area contributed by atoms with Gasteiger partial charge in [-0.2, -0.15) is 0 Å². The van der Waals surface area contributed by atoms with Crippen molar-refractivity contribution >= 4 is 35.6 Å². The summed E-state index contributed by atoms with van der Waals surface area (Å²) in [6, 6.07) is 22.3. The van der Waals surface area contributed by atoms with Gasteiger partial charge in [0.05, 0.1) is 31.0 Å². The zero-order chi connectivity index (χ0) is 30.3. The first-order valence-electron chi connectivity index (χ1n) is 13.5. The van der Waals surface area contributed by atoms with Crippen LogP contribution in [0, 0.1) is 0 Å². The van der Waals surface area contributed by atoms with Gasteiger partial charge in [0.2, 0.25) is 5.91 Å². The minimum Gasteiger partial charge on any atom is -0.483 e. The Hall–Kier alpha value is -4.58. The van der Waals surface area contributed by atoms with E-state index in [1.807, 2.05) is 78.5 Å². The van der Waals surface area contributed by atoms with E-state index >= 15 is 0 Å². The van der Waals surface area contributed by atoms with Crippen molar-refractivity contribution in [3.8, 4) is 11.1 Å². The molecule has 0 bridgehead atoms. The number of amides is 3. The third-order valence-corrected chi connectivity index (χ3v) is 6.37. The summed E-state index contributed by atoms with van der Waals surface area (Å²) in [6.45, 7) is 3.54. The Morgan fingerprint density at radius 3 is 2.19 bits per heavy atom. The summed E-state index contributed by atoms with van der Waals surface area (Å²) in [5.41, 5.74) is 3.70. The van der Waals surface area contributed by atoms with E-state index in [0.717, 1.165) is 11.1 Å². The molecular formula is C31H37N5O6. The molecule has 0 aromatic heterocycles. The number of morpholine rings is 1. The molecule has 1 saturated heterocycles. The van der Waals surface area contributed by atoms with Gasteiger partial charge in [-0.25, -0.2) is 0 Å². The monoisotopic (exact) mass is 575 g/mol. The Morgan fingerprint density at radius 2 is 1.55 bits per heavy atom. The van der Waals surface area contributed by atoms with Crippen molar-refractivity contribution in [1.29, 1.82) is 0 Å². The number of carboxylic acid groups (broad SMARTS) is 1. The fourth-order valence-electron chi connectivity index (χ4n) is 4.21. The second-order valence-corrected chi connectivity index (χ2v) is 9.76. The number of rotatable bonds is 10. The van der Waals surface area contributed by atoms with Gasteiger partial charge in [0.15, 0.2) is 0 Å². The number of anilines is 2. The third kappa shape index (κ3) is 10.1. The van der Waals surface area contributed by atoms with Crippen LogP contribution in [0.3, 0.4) is 0 Å².